The van der Waals surface area contributed by atoms with E-state index < -0.39 is 0 Å². The number of nitrogens with one attached hydrogen (secondary N) is 1. The van der Waals surface area contributed by atoms with Crippen LogP contribution in [0.15, 0.2) is 24.3 Å². The van der Waals surface area contributed by atoms with Crippen LogP contribution in [0.2, 0.25) is 5.02 Å². The average Bonchev–Trinajstić information content (AvgIpc) is 2.29. The van der Waals surface area contributed by atoms with Crippen LogP contribution in [0.3, 0.4) is 0 Å². The largest absolute Gasteiger partial charge is 0.314 e. The minimum atomic E-state index is 0.544. The third-order valence-electron chi connectivity index (χ3n) is 3.01. The van der Waals surface area contributed by atoms with Crippen LogP contribution in [0, 0.1) is 5.92 Å². The van der Waals surface area contributed by atoms with Gasteiger partial charge in [-0.2, -0.15) is 0 Å². The van der Waals surface area contributed by atoms with E-state index in [1.807, 2.05) is 12.1 Å². The predicted molar refractivity (Wildman–Crippen MR) is 76.7 cm³/mol. The fourth-order valence-corrected chi connectivity index (χ4v) is 2.24. The normalized spacial score (nSPS) is 13.0. The van der Waals surface area contributed by atoms with Crippen LogP contribution in [0.1, 0.15) is 39.2 Å². The van der Waals surface area contributed by atoms with Crippen LogP contribution < -0.4 is 5.32 Å². The molecule has 0 amide bonds. The van der Waals surface area contributed by atoms with Crippen molar-refractivity contribution < 1.29 is 0 Å². The average molecular weight is 254 g/mol. The molecule has 1 N–H and O–H groups in total. The molecule has 2 heteroatoms. The summed E-state index contributed by atoms with van der Waals surface area (Å²) in [5.41, 5.74) is 1.25. The first kappa shape index (κ1) is 14.5. The molecule has 1 aromatic carbocycles. The molecular weight excluding hydrogens is 230 g/mol. The van der Waals surface area contributed by atoms with Gasteiger partial charge in [0.05, 0.1) is 0 Å². The minimum Gasteiger partial charge on any atom is -0.314 e. The number of hydrogen-bond acceptors (Lipinski definition) is 1. The Morgan fingerprint density at radius 1 is 1.18 bits per heavy atom. The van der Waals surface area contributed by atoms with Crippen LogP contribution in [-0.4, -0.2) is 12.6 Å². The Bertz CT molecular complexity index is 322. The Labute approximate surface area is 111 Å². The first-order chi connectivity index (χ1) is 8.13. The van der Waals surface area contributed by atoms with Gasteiger partial charge < -0.3 is 5.32 Å². The van der Waals surface area contributed by atoms with Crippen molar-refractivity contribution in [3.8, 4) is 0 Å². The third-order valence-corrected chi connectivity index (χ3v) is 3.38. The van der Waals surface area contributed by atoms with E-state index >= 15 is 0 Å². The van der Waals surface area contributed by atoms with Crippen LogP contribution in [0.4, 0.5) is 0 Å². The highest BCUT2D eigenvalue weighted by Crippen LogP contribution is 2.19. The molecule has 1 atom stereocenters. The second-order valence-electron chi connectivity index (χ2n) is 5.02. The minimum absolute atomic E-state index is 0.544. The molecule has 0 spiro atoms. The summed E-state index contributed by atoms with van der Waals surface area (Å²) in [6.45, 7) is 7.74. The summed E-state index contributed by atoms with van der Waals surface area (Å²) in [7, 11) is 0. The molecule has 0 aliphatic heterocycles. The monoisotopic (exact) mass is 253 g/mol. The topological polar surface area (TPSA) is 12.0 Å². The van der Waals surface area contributed by atoms with Crippen molar-refractivity contribution in [2.24, 2.45) is 5.92 Å². The molecule has 1 nitrogen and oxygen atoms in total. The zero-order valence-electron chi connectivity index (χ0n) is 11.2. The summed E-state index contributed by atoms with van der Waals surface area (Å²) in [6, 6.07) is 8.70. The summed E-state index contributed by atoms with van der Waals surface area (Å²) in [5.74, 6) is 0.766. The summed E-state index contributed by atoms with van der Waals surface area (Å²) < 4.78 is 0. The highest BCUT2D eigenvalue weighted by Gasteiger charge is 2.11. The third kappa shape index (κ3) is 5.56. The zero-order valence-corrected chi connectivity index (χ0v) is 11.9. The molecule has 1 aromatic rings. The summed E-state index contributed by atoms with van der Waals surface area (Å²) in [6.07, 6.45) is 3.51. The van der Waals surface area contributed by atoms with Gasteiger partial charge in [0, 0.05) is 11.1 Å². The van der Waals surface area contributed by atoms with Crippen molar-refractivity contribution in [2.75, 3.05) is 6.54 Å². The van der Waals surface area contributed by atoms with E-state index in [4.69, 9.17) is 11.6 Å². The van der Waals surface area contributed by atoms with Gasteiger partial charge in [0.2, 0.25) is 0 Å². The van der Waals surface area contributed by atoms with Gasteiger partial charge in [-0.15, -0.1) is 0 Å². The van der Waals surface area contributed by atoms with Crippen LogP contribution in [-0.2, 0) is 6.42 Å². The van der Waals surface area contributed by atoms with Crippen LogP contribution >= 0.6 is 11.6 Å². The highest BCUT2D eigenvalue weighted by molar-refractivity contribution is 6.31. The Balaban J connectivity index is 2.56. The molecule has 1 unspecified atom stereocenters. The lowest BCUT2D eigenvalue weighted by Gasteiger charge is -2.19. The van der Waals surface area contributed by atoms with E-state index in [1.54, 1.807) is 0 Å². The molecule has 0 aliphatic carbocycles. The predicted octanol–water partition coefficient (Wildman–Crippen LogP) is 4.30. The van der Waals surface area contributed by atoms with Gasteiger partial charge in [0.15, 0.2) is 0 Å². The summed E-state index contributed by atoms with van der Waals surface area (Å²) >= 11 is 6.20. The van der Waals surface area contributed by atoms with Crippen LogP contribution in [0.25, 0.3) is 0 Å². The molecule has 96 valence electrons. The summed E-state index contributed by atoms with van der Waals surface area (Å²) in [5, 5.41) is 4.44. The maximum Gasteiger partial charge on any atom is 0.0438 e. The quantitative estimate of drug-likeness (QED) is 0.764. The van der Waals surface area contributed by atoms with Crippen molar-refractivity contribution in [3.05, 3.63) is 34.9 Å². The van der Waals surface area contributed by atoms with Crippen molar-refractivity contribution in [2.45, 2.75) is 46.1 Å². The zero-order chi connectivity index (χ0) is 12.7. The number of halogens is 1. The van der Waals surface area contributed by atoms with Gasteiger partial charge in [-0.05, 0) is 43.4 Å². The van der Waals surface area contributed by atoms with E-state index in [2.05, 4.69) is 38.2 Å². The van der Waals surface area contributed by atoms with E-state index in [0.29, 0.717) is 6.04 Å². The van der Waals surface area contributed by atoms with Crippen molar-refractivity contribution in [1.29, 1.82) is 0 Å². The molecule has 0 fully saturated rings. The van der Waals surface area contributed by atoms with Gasteiger partial charge >= 0.3 is 0 Å². The first-order valence-corrected chi connectivity index (χ1v) is 6.98. The lowest BCUT2D eigenvalue weighted by atomic mass is 9.98. The van der Waals surface area contributed by atoms with E-state index in [1.165, 1.54) is 18.4 Å². The molecule has 0 bridgehead atoms. The molecule has 0 aliphatic rings. The molecule has 1 rings (SSSR count). The molecule has 0 heterocycles. The van der Waals surface area contributed by atoms with Gasteiger partial charge in [0.25, 0.3) is 0 Å². The smallest absolute Gasteiger partial charge is 0.0438 e. The SMILES string of the molecule is CCNC(CCC(C)C)Cc1ccccc1Cl. The lowest BCUT2D eigenvalue weighted by molar-refractivity contribution is 0.434. The molecule has 0 saturated carbocycles. The molecule has 0 aromatic heterocycles. The van der Waals surface area contributed by atoms with E-state index in [9.17, 15) is 0 Å². The highest BCUT2D eigenvalue weighted by atomic mass is 35.5. The van der Waals surface area contributed by atoms with Crippen LogP contribution in [0.5, 0.6) is 0 Å². The standard InChI is InChI=1S/C15H24ClN/c1-4-17-14(10-9-12(2)3)11-13-7-5-6-8-15(13)16/h5-8,12,14,17H,4,9-11H2,1-3H3. The second kappa shape index (κ2) is 7.73. The van der Waals surface area contributed by atoms with Gasteiger partial charge in [-0.1, -0.05) is 50.6 Å². The number of benzene rings is 1. The fourth-order valence-electron chi connectivity index (χ4n) is 2.03. The van der Waals surface area contributed by atoms with Gasteiger partial charge in [-0.3, -0.25) is 0 Å². The summed E-state index contributed by atoms with van der Waals surface area (Å²) in [4.78, 5) is 0. The fraction of sp³-hybridized carbons (Fsp3) is 0.600. The maximum absolute atomic E-state index is 6.20. The Kier molecular flexibility index (Phi) is 6.61. The van der Waals surface area contributed by atoms with Crippen molar-refractivity contribution in [1.82, 2.24) is 5.32 Å². The number of likely N-dealkylation sites (N-methyl/N-ethyl adjacent to an activating group) is 1. The second-order valence-corrected chi connectivity index (χ2v) is 5.43. The number of hydrogen-bond donors (Lipinski definition) is 1. The first-order valence-electron chi connectivity index (χ1n) is 6.60. The number of rotatable bonds is 7. The van der Waals surface area contributed by atoms with E-state index in [0.717, 1.165) is 23.9 Å². The molecular formula is C15H24ClN. The Morgan fingerprint density at radius 3 is 2.47 bits per heavy atom. The van der Waals surface area contributed by atoms with Gasteiger partial charge in [0.1, 0.15) is 0 Å². The lowest BCUT2D eigenvalue weighted by Crippen LogP contribution is -2.31. The van der Waals surface area contributed by atoms with Crippen molar-refractivity contribution >= 4 is 11.6 Å². The molecule has 17 heavy (non-hydrogen) atoms. The Hall–Kier alpha value is -0.530. The Morgan fingerprint density at radius 2 is 1.88 bits per heavy atom. The molecule has 0 saturated heterocycles. The van der Waals surface area contributed by atoms with Gasteiger partial charge in [-0.25, -0.2) is 0 Å². The maximum atomic E-state index is 6.20. The molecule has 0 radical (unpaired) electrons. The van der Waals surface area contributed by atoms with E-state index in [-0.39, 0.29) is 0 Å². The van der Waals surface area contributed by atoms with Crippen molar-refractivity contribution in [3.63, 3.8) is 0 Å².